The smallest absolute Gasteiger partial charge is 0.269 e. The molecule has 8 N–H and O–H groups in total. The zero-order valence-corrected chi connectivity index (χ0v) is 21.6. The SMILES string of the molecule is CO[C@H]1O[C@H](CO)[C@@H](O)[C@H](O)[C@]1(NC(C)=O)[C@@]1(O)[C@@H](CO)OC[C@H](O)[C@@H]1NS(=O)(=O)c1ccc([N+](=O)[O-])cc1. The molecule has 2 saturated heterocycles. The summed E-state index contributed by atoms with van der Waals surface area (Å²) in [6.45, 7) is -1.58. The summed E-state index contributed by atoms with van der Waals surface area (Å²) in [5, 5.41) is 78.1. The number of hydrogen-bond donors (Lipinski definition) is 8. The van der Waals surface area contributed by atoms with E-state index in [0.717, 1.165) is 38.3 Å². The Kier molecular flexibility index (Phi) is 9.30. The minimum absolute atomic E-state index is 0.417. The summed E-state index contributed by atoms with van der Waals surface area (Å²) in [4.78, 5) is 22.1. The van der Waals surface area contributed by atoms with E-state index in [1.807, 2.05) is 0 Å². The Labute approximate surface area is 222 Å². The van der Waals surface area contributed by atoms with Gasteiger partial charge in [-0.15, -0.1) is 0 Å². The summed E-state index contributed by atoms with van der Waals surface area (Å²) in [6, 6.07) is 1.50. The standard InChI is InChI=1S/C21H31N3O14S/c1-10(27)22-20(18(30)16(29)14(7-25)38-19(20)36-2)21(31)15(8-26)37-9-13(28)17(21)23-39(34,35)12-5-3-11(4-6-12)24(32)33/h3-6,13-19,23,25-26,28-31H,7-9H2,1-2H3,(H,22,27)/t13-,14+,15+,16+,17-,18-,19-,20+,21+/m0/s1. The van der Waals surface area contributed by atoms with Gasteiger partial charge in [-0.1, -0.05) is 0 Å². The van der Waals surface area contributed by atoms with Gasteiger partial charge in [0, 0.05) is 26.2 Å². The molecule has 1 amide bonds. The van der Waals surface area contributed by atoms with Crippen LogP contribution < -0.4 is 10.0 Å². The molecule has 0 bridgehead atoms. The Morgan fingerprint density at radius 3 is 2.31 bits per heavy atom. The van der Waals surface area contributed by atoms with Crippen molar-refractivity contribution >= 4 is 21.6 Å². The lowest BCUT2D eigenvalue weighted by molar-refractivity contribution is -0.384. The minimum Gasteiger partial charge on any atom is -0.394 e. The zero-order chi connectivity index (χ0) is 29.3. The van der Waals surface area contributed by atoms with Crippen LogP contribution in [0.1, 0.15) is 6.92 Å². The van der Waals surface area contributed by atoms with Gasteiger partial charge in [-0.05, 0) is 12.1 Å². The molecule has 220 valence electrons. The summed E-state index contributed by atoms with van der Waals surface area (Å²) in [7, 11) is -3.69. The van der Waals surface area contributed by atoms with Crippen LogP contribution in [0.4, 0.5) is 5.69 Å². The predicted octanol–water partition coefficient (Wildman–Crippen LogP) is -4.31. The van der Waals surface area contributed by atoms with E-state index in [0.29, 0.717) is 0 Å². The van der Waals surface area contributed by atoms with Crippen molar-refractivity contribution in [2.24, 2.45) is 0 Å². The number of ether oxygens (including phenoxy) is 3. The lowest BCUT2D eigenvalue weighted by Gasteiger charge is -2.62. The van der Waals surface area contributed by atoms with Gasteiger partial charge < -0.3 is 50.2 Å². The molecular weight excluding hydrogens is 550 g/mol. The average Bonchev–Trinajstić information content (AvgIpc) is 2.89. The number of nitrogens with zero attached hydrogens (tertiary/aromatic N) is 1. The number of aliphatic hydroxyl groups excluding tert-OH is 5. The van der Waals surface area contributed by atoms with Crippen LogP contribution in [0.2, 0.25) is 0 Å². The molecule has 2 fully saturated rings. The van der Waals surface area contributed by atoms with E-state index in [1.165, 1.54) is 0 Å². The van der Waals surface area contributed by atoms with Crippen LogP contribution >= 0.6 is 0 Å². The van der Waals surface area contributed by atoms with Crippen molar-refractivity contribution in [1.29, 1.82) is 0 Å². The highest BCUT2D eigenvalue weighted by Gasteiger charge is 2.74. The number of nitro benzene ring substituents is 1. The van der Waals surface area contributed by atoms with Crippen molar-refractivity contribution in [3.8, 4) is 0 Å². The number of nitrogens with one attached hydrogen (secondary N) is 2. The van der Waals surface area contributed by atoms with Crippen molar-refractivity contribution in [2.45, 2.75) is 65.8 Å². The number of sulfonamides is 1. The monoisotopic (exact) mass is 581 g/mol. The molecular formula is C21H31N3O14S. The zero-order valence-electron chi connectivity index (χ0n) is 20.8. The highest BCUT2D eigenvalue weighted by atomic mass is 32.2. The van der Waals surface area contributed by atoms with Crippen molar-refractivity contribution in [3.05, 3.63) is 34.4 Å². The highest BCUT2D eigenvalue weighted by Crippen LogP contribution is 2.45. The first-order chi connectivity index (χ1) is 18.2. The third-order valence-electron chi connectivity index (χ3n) is 6.90. The second kappa shape index (κ2) is 11.6. The van der Waals surface area contributed by atoms with Crippen molar-refractivity contribution in [3.63, 3.8) is 0 Å². The van der Waals surface area contributed by atoms with E-state index in [-0.39, 0.29) is 0 Å². The maximum atomic E-state index is 13.3. The quantitative estimate of drug-likeness (QED) is 0.101. The summed E-state index contributed by atoms with van der Waals surface area (Å²) >= 11 is 0. The molecule has 1 aromatic carbocycles. The Morgan fingerprint density at radius 1 is 1.21 bits per heavy atom. The second-order valence-corrected chi connectivity index (χ2v) is 10.9. The van der Waals surface area contributed by atoms with Gasteiger partial charge in [0.15, 0.2) is 11.8 Å². The number of aliphatic hydroxyl groups is 6. The molecule has 39 heavy (non-hydrogen) atoms. The van der Waals surface area contributed by atoms with E-state index in [1.54, 1.807) is 0 Å². The molecule has 0 aliphatic carbocycles. The van der Waals surface area contributed by atoms with Crippen LogP contribution in [0, 0.1) is 10.1 Å². The molecule has 2 heterocycles. The first-order valence-electron chi connectivity index (χ1n) is 11.5. The molecule has 3 rings (SSSR count). The average molecular weight is 582 g/mol. The fourth-order valence-corrected chi connectivity index (χ4v) is 6.40. The molecule has 0 spiro atoms. The summed E-state index contributed by atoms with van der Waals surface area (Å²) in [5.41, 5.74) is -6.18. The van der Waals surface area contributed by atoms with Gasteiger partial charge in [-0.2, -0.15) is 0 Å². The van der Waals surface area contributed by atoms with Crippen molar-refractivity contribution < 1.29 is 63.0 Å². The van der Waals surface area contributed by atoms with Crippen LogP contribution in [0.15, 0.2) is 29.2 Å². The van der Waals surface area contributed by atoms with Crippen LogP contribution in [-0.4, -0.2) is 131 Å². The lowest BCUT2D eigenvalue weighted by atomic mass is 9.63. The van der Waals surface area contributed by atoms with E-state index in [9.17, 15) is 54.0 Å². The molecule has 1 aromatic rings. The third kappa shape index (κ3) is 5.25. The van der Waals surface area contributed by atoms with Gasteiger partial charge in [0.1, 0.15) is 30.0 Å². The van der Waals surface area contributed by atoms with Gasteiger partial charge in [0.25, 0.3) is 5.69 Å². The number of carbonyl (C=O) groups excluding carboxylic acids is 1. The van der Waals surface area contributed by atoms with Gasteiger partial charge >= 0.3 is 0 Å². The van der Waals surface area contributed by atoms with Gasteiger partial charge in [0.2, 0.25) is 15.9 Å². The predicted molar refractivity (Wildman–Crippen MR) is 126 cm³/mol. The van der Waals surface area contributed by atoms with Crippen LogP contribution in [0.5, 0.6) is 0 Å². The largest absolute Gasteiger partial charge is 0.394 e. The van der Waals surface area contributed by atoms with E-state index < -0.39 is 105 Å². The Bertz CT molecular complexity index is 1150. The number of non-ortho nitro benzene ring substituents is 1. The summed E-state index contributed by atoms with van der Waals surface area (Å²) in [5.74, 6) is -0.948. The molecule has 0 aromatic heterocycles. The number of rotatable bonds is 9. The molecule has 0 unspecified atom stereocenters. The number of benzene rings is 1. The van der Waals surface area contributed by atoms with Crippen molar-refractivity contribution in [2.75, 3.05) is 26.9 Å². The lowest BCUT2D eigenvalue weighted by Crippen LogP contribution is -2.90. The minimum atomic E-state index is -4.71. The van der Waals surface area contributed by atoms with Crippen LogP contribution in [-0.2, 0) is 29.0 Å². The van der Waals surface area contributed by atoms with Gasteiger partial charge in [0.05, 0.1) is 41.8 Å². The summed E-state index contributed by atoms with van der Waals surface area (Å²) < 4.78 is 44.8. The molecule has 18 heteroatoms. The first-order valence-corrected chi connectivity index (χ1v) is 13.0. The molecule has 0 saturated carbocycles. The molecule has 2 aliphatic heterocycles. The van der Waals surface area contributed by atoms with Gasteiger partial charge in [-0.25, -0.2) is 13.1 Å². The Balaban J connectivity index is 2.23. The maximum Gasteiger partial charge on any atom is 0.269 e. The number of methoxy groups -OCH3 is 1. The van der Waals surface area contributed by atoms with Crippen LogP contribution in [0.25, 0.3) is 0 Å². The van der Waals surface area contributed by atoms with E-state index in [2.05, 4.69) is 10.0 Å². The summed E-state index contributed by atoms with van der Waals surface area (Å²) in [6.07, 6.45) is -11.4. The number of carbonyl (C=O) groups is 1. The fraction of sp³-hybridized carbons (Fsp3) is 0.667. The first kappa shape index (κ1) is 31.2. The normalized spacial score (nSPS) is 37.3. The number of nitro groups is 1. The number of amides is 1. The second-order valence-electron chi connectivity index (χ2n) is 9.16. The molecule has 2 aliphatic rings. The Hall–Kier alpha value is -2.36. The van der Waals surface area contributed by atoms with Gasteiger partial charge in [-0.3, -0.25) is 14.9 Å². The van der Waals surface area contributed by atoms with Crippen LogP contribution in [0.3, 0.4) is 0 Å². The maximum absolute atomic E-state index is 13.3. The fourth-order valence-electron chi connectivity index (χ4n) is 5.10. The number of hydrogen-bond acceptors (Lipinski definition) is 14. The highest BCUT2D eigenvalue weighted by molar-refractivity contribution is 7.89. The van der Waals surface area contributed by atoms with E-state index in [4.69, 9.17) is 14.2 Å². The molecule has 17 nitrogen and oxygen atoms in total. The third-order valence-corrected chi connectivity index (χ3v) is 8.36. The topological polar surface area (TPSA) is 267 Å². The van der Waals surface area contributed by atoms with Crippen molar-refractivity contribution in [1.82, 2.24) is 10.0 Å². The Morgan fingerprint density at radius 2 is 1.82 bits per heavy atom. The molecule has 0 radical (unpaired) electrons. The van der Waals surface area contributed by atoms with E-state index >= 15 is 0 Å². The molecule has 9 atom stereocenters.